The molecule has 0 atom stereocenters. The molecule has 1 aromatic carbocycles. The largest absolute Gasteiger partial charge is 0.380 e. The summed E-state index contributed by atoms with van der Waals surface area (Å²) in [6.07, 6.45) is 3.64. The van der Waals surface area contributed by atoms with Crippen LogP contribution < -0.4 is 0 Å². The van der Waals surface area contributed by atoms with Gasteiger partial charge in [0, 0.05) is 57.8 Å². The maximum atomic E-state index is 12.6. The first-order valence-electron chi connectivity index (χ1n) is 8.24. The Labute approximate surface area is 142 Å². The van der Waals surface area contributed by atoms with Gasteiger partial charge in [0.1, 0.15) is 0 Å². The van der Waals surface area contributed by atoms with Gasteiger partial charge in [-0.25, -0.2) is 0 Å². The smallest absolute Gasteiger partial charge is 0.253 e. The van der Waals surface area contributed by atoms with Crippen molar-refractivity contribution in [2.24, 2.45) is 0 Å². The topological polar surface area (TPSA) is 45.7 Å². The van der Waals surface area contributed by atoms with E-state index in [-0.39, 0.29) is 5.91 Å². The molecule has 0 aliphatic carbocycles. The van der Waals surface area contributed by atoms with E-state index in [2.05, 4.69) is 9.88 Å². The number of amides is 1. The molecule has 1 fully saturated rings. The molecular formula is C19H23N3O2. The number of ether oxygens (including phenoxy) is 1. The Hall–Kier alpha value is -2.24. The van der Waals surface area contributed by atoms with Crippen LogP contribution >= 0.6 is 0 Å². The maximum absolute atomic E-state index is 12.6. The average molecular weight is 325 g/mol. The molecule has 1 saturated heterocycles. The minimum atomic E-state index is 0.113. The van der Waals surface area contributed by atoms with E-state index < -0.39 is 0 Å². The van der Waals surface area contributed by atoms with Gasteiger partial charge in [-0.1, -0.05) is 12.1 Å². The lowest BCUT2D eigenvalue weighted by Gasteiger charge is -2.34. The highest BCUT2D eigenvalue weighted by Gasteiger charge is 2.22. The zero-order valence-corrected chi connectivity index (χ0v) is 14.0. The summed E-state index contributed by atoms with van der Waals surface area (Å²) in [5, 5.41) is 0. The van der Waals surface area contributed by atoms with Crippen molar-refractivity contribution in [1.82, 2.24) is 14.8 Å². The molecule has 3 rings (SSSR count). The number of rotatable bonds is 5. The quantitative estimate of drug-likeness (QED) is 0.845. The number of aromatic nitrogens is 1. The summed E-state index contributed by atoms with van der Waals surface area (Å²) in [7, 11) is 1.67. The van der Waals surface area contributed by atoms with Crippen molar-refractivity contribution >= 4 is 5.91 Å². The minimum absolute atomic E-state index is 0.113. The van der Waals surface area contributed by atoms with E-state index in [0.717, 1.165) is 43.9 Å². The van der Waals surface area contributed by atoms with Crippen molar-refractivity contribution in [3.05, 3.63) is 65.5 Å². The Morgan fingerprint density at radius 1 is 1.00 bits per heavy atom. The summed E-state index contributed by atoms with van der Waals surface area (Å²) in [4.78, 5) is 21.0. The van der Waals surface area contributed by atoms with E-state index in [4.69, 9.17) is 4.74 Å². The monoisotopic (exact) mass is 325 g/mol. The van der Waals surface area contributed by atoms with Gasteiger partial charge in [0.2, 0.25) is 0 Å². The molecule has 0 spiro atoms. The molecule has 1 aromatic heterocycles. The lowest BCUT2D eigenvalue weighted by Crippen LogP contribution is -2.48. The van der Waals surface area contributed by atoms with Gasteiger partial charge < -0.3 is 9.64 Å². The molecule has 2 heterocycles. The second-order valence-electron chi connectivity index (χ2n) is 6.05. The molecule has 1 amide bonds. The highest BCUT2D eigenvalue weighted by molar-refractivity contribution is 5.94. The fourth-order valence-corrected chi connectivity index (χ4v) is 2.95. The Morgan fingerprint density at radius 2 is 1.67 bits per heavy atom. The van der Waals surface area contributed by atoms with E-state index in [1.165, 1.54) is 5.56 Å². The van der Waals surface area contributed by atoms with Crippen LogP contribution in [-0.4, -0.2) is 54.0 Å². The zero-order chi connectivity index (χ0) is 16.8. The number of hydrogen-bond donors (Lipinski definition) is 0. The molecule has 0 radical (unpaired) electrons. The van der Waals surface area contributed by atoms with Gasteiger partial charge in [0.15, 0.2) is 0 Å². The predicted octanol–water partition coefficient (Wildman–Crippen LogP) is 2.19. The Kier molecular flexibility index (Phi) is 5.56. The van der Waals surface area contributed by atoms with Crippen LogP contribution in [0.15, 0.2) is 48.8 Å². The number of carbonyl (C=O) groups is 1. The third-order valence-electron chi connectivity index (χ3n) is 4.33. The van der Waals surface area contributed by atoms with Crippen LogP contribution in [0.4, 0.5) is 0 Å². The summed E-state index contributed by atoms with van der Waals surface area (Å²) in [5.41, 5.74) is 3.09. The number of nitrogens with zero attached hydrogens (tertiary/aromatic N) is 3. The molecule has 5 heteroatoms. The van der Waals surface area contributed by atoms with Crippen LogP contribution in [0.1, 0.15) is 21.5 Å². The number of methoxy groups -OCH3 is 1. The molecule has 0 unspecified atom stereocenters. The van der Waals surface area contributed by atoms with Crippen molar-refractivity contribution in [2.45, 2.75) is 13.2 Å². The Morgan fingerprint density at radius 3 is 2.29 bits per heavy atom. The van der Waals surface area contributed by atoms with Gasteiger partial charge in [-0.2, -0.15) is 0 Å². The molecule has 0 N–H and O–H groups in total. The van der Waals surface area contributed by atoms with Crippen LogP contribution in [0.25, 0.3) is 0 Å². The van der Waals surface area contributed by atoms with E-state index in [0.29, 0.717) is 6.61 Å². The van der Waals surface area contributed by atoms with Gasteiger partial charge in [-0.15, -0.1) is 0 Å². The SMILES string of the molecule is COCc1ccc(C(=O)N2CCN(Cc3ccncc3)CC2)cc1. The van der Waals surface area contributed by atoms with Crippen LogP contribution in [0.5, 0.6) is 0 Å². The summed E-state index contributed by atoms with van der Waals surface area (Å²) < 4.78 is 5.10. The maximum Gasteiger partial charge on any atom is 0.253 e. The highest BCUT2D eigenvalue weighted by Crippen LogP contribution is 2.12. The summed E-state index contributed by atoms with van der Waals surface area (Å²) >= 11 is 0. The lowest BCUT2D eigenvalue weighted by molar-refractivity contribution is 0.0628. The van der Waals surface area contributed by atoms with E-state index in [9.17, 15) is 4.79 Å². The lowest BCUT2D eigenvalue weighted by atomic mass is 10.1. The van der Waals surface area contributed by atoms with Crippen molar-refractivity contribution in [1.29, 1.82) is 0 Å². The van der Waals surface area contributed by atoms with Gasteiger partial charge in [-0.3, -0.25) is 14.7 Å². The molecule has 2 aromatic rings. The molecule has 24 heavy (non-hydrogen) atoms. The third-order valence-corrected chi connectivity index (χ3v) is 4.33. The fraction of sp³-hybridized carbons (Fsp3) is 0.368. The summed E-state index contributed by atoms with van der Waals surface area (Å²) in [6, 6.07) is 11.8. The molecule has 0 saturated carbocycles. The van der Waals surface area contributed by atoms with Crippen molar-refractivity contribution in [3.8, 4) is 0 Å². The van der Waals surface area contributed by atoms with Crippen LogP contribution in [0.3, 0.4) is 0 Å². The number of pyridine rings is 1. The van der Waals surface area contributed by atoms with Crippen molar-refractivity contribution < 1.29 is 9.53 Å². The number of benzene rings is 1. The number of carbonyl (C=O) groups excluding carboxylic acids is 1. The van der Waals surface area contributed by atoms with Crippen molar-refractivity contribution in [3.63, 3.8) is 0 Å². The van der Waals surface area contributed by atoms with Gasteiger partial charge >= 0.3 is 0 Å². The predicted molar refractivity (Wildman–Crippen MR) is 92.6 cm³/mol. The molecule has 5 nitrogen and oxygen atoms in total. The van der Waals surface area contributed by atoms with Gasteiger partial charge in [0.05, 0.1) is 6.61 Å². The first-order chi connectivity index (χ1) is 11.8. The number of hydrogen-bond acceptors (Lipinski definition) is 4. The zero-order valence-electron chi connectivity index (χ0n) is 14.0. The average Bonchev–Trinajstić information content (AvgIpc) is 2.64. The van der Waals surface area contributed by atoms with Crippen molar-refractivity contribution in [2.75, 3.05) is 33.3 Å². The van der Waals surface area contributed by atoms with Crippen LogP contribution in [0, 0.1) is 0 Å². The number of piperazine rings is 1. The van der Waals surface area contributed by atoms with Crippen LogP contribution in [-0.2, 0) is 17.9 Å². The van der Waals surface area contributed by atoms with Gasteiger partial charge in [-0.05, 0) is 35.4 Å². The first kappa shape index (κ1) is 16.6. The minimum Gasteiger partial charge on any atom is -0.380 e. The van der Waals surface area contributed by atoms with E-state index in [1.807, 2.05) is 53.7 Å². The first-order valence-corrected chi connectivity index (χ1v) is 8.24. The van der Waals surface area contributed by atoms with E-state index >= 15 is 0 Å². The normalized spacial score (nSPS) is 15.5. The molecule has 0 bridgehead atoms. The molecule has 1 aliphatic heterocycles. The molecule has 1 aliphatic rings. The van der Waals surface area contributed by atoms with E-state index in [1.54, 1.807) is 7.11 Å². The van der Waals surface area contributed by atoms with Gasteiger partial charge in [0.25, 0.3) is 5.91 Å². The summed E-state index contributed by atoms with van der Waals surface area (Å²) in [6.45, 7) is 4.82. The van der Waals surface area contributed by atoms with Crippen LogP contribution in [0.2, 0.25) is 0 Å². The summed E-state index contributed by atoms with van der Waals surface area (Å²) in [5.74, 6) is 0.113. The molecular weight excluding hydrogens is 302 g/mol. The second-order valence-corrected chi connectivity index (χ2v) is 6.05. The Bertz CT molecular complexity index is 650. The molecule has 126 valence electrons. The third kappa shape index (κ3) is 4.19. The Balaban J connectivity index is 1.53. The fourth-order valence-electron chi connectivity index (χ4n) is 2.95. The highest BCUT2D eigenvalue weighted by atomic mass is 16.5. The second kappa shape index (κ2) is 8.04. The standard InChI is InChI=1S/C19H23N3O2/c1-24-15-17-2-4-18(5-3-17)19(23)22-12-10-21(11-13-22)14-16-6-8-20-9-7-16/h2-9H,10-15H2,1H3.